The predicted molar refractivity (Wildman–Crippen MR) is 180 cm³/mol. The molecular weight excluding hydrogens is 653 g/mol. The van der Waals surface area contributed by atoms with Crippen LogP contribution in [0.5, 0.6) is 5.75 Å². The number of nitrogen functional groups attached to an aromatic ring is 1. The van der Waals surface area contributed by atoms with Crippen molar-refractivity contribution in [3.63, 3.8) is 0 Å². The summed E-state index contributed by atoms with van der Waals surface area (Å²) >= 11 is 0. The third kappa shape index (κ3) is 8.57. The number of hydrogen-bond donors (Lipinski definition) is 5. The van der Waals surface area contributed by atoms with Gasteiger partial charge in [-0.3, -0.25) is 9.78 Å². The van der Waals surface area contributed by atoms with Gasteiger partial charge in [-0.2, -0.15) is 13.2 Å². The van der Waals surface area contributed by atoms with Crippen molar-refractivity contribution in [2.75, 3.05) is 16.4 Å². The highest BCUT2D eigenvalue weighted by Gasteiger charge is 2.31. The fraction of sp³-hybridized carbons (Fsp3) is 0.0857. The first kappa shape index (κ1) is 34.6. The SMILES string of the molecule is Cc1cn(-c2cc(NC(=O)c3ccc(C)c(Nc4nccc(-c5cccnc5)n4)c3)cc(C(F)(F)F)c2)cn1.Nc1ccc(C(=O)O)c(O)c1. The van der Waals surface area contributed by atoms with Crippen molar-refractivity contribution in [3.05, 3.63) is 132 Å². The highest BCUT2D eigenvalue weighted by atomic mass is 19.4. The number of carbonyl (C=O) groups is 2. The molecule has 0 saturated heterocycles. The first-order valence-corrected chi connectivity index (χ1v) is 14.7. The molecule has 0 aliphatic rings. The Hall–Kier alpha value is -6.77. The molecule has 50 heavy (non-hydrogen) atoms. The van der Waals surface area contributed by atoms with Gasteiger partial charge in [-0.05, 0) is 80.1 Å². The summed E-state index contributed by atoms with van der Waals surface area (Å²) in [7, 11) is 0. The number of anilines is 4. The number of imidazole rings is 1. The van der Waals surface area contributed by atoms with Crippen LogP contribution in [0.1, 0.15) is 37.5 Å². The van der Waals surface area contributed by atoms with Crippen molar-refractivity contribution >= 4 is 34.9 Å². The number of pyridine rings is 1. The lowest BCUT2D eigenvalue weighted by molar-refractivity contribution is -0.137. The molecule has 15 heteroatoms. The zero-order chi connectivity index (χ0) is 36.0. The summed E-state index contributed by atoms with van der Waals surface area (Å²) in [6.07, 6.45) is 3.38. The maximum atomic E-state index is 13.6. The van der Waals surface area contributed by atoms with Gasteiger partial charge in [0.1, 0.15) is 11.3 Å². The van der Waals surface area contributed by atoms with Gasteiger partial charge in [0.05, 0.1) is 23.3 Å². The number of amides is 1. The number of nitrogens with two attached hydrogens (primary N) is 1. The van der Waals surface area contributed by atoms with E-state index in [0.717, 1.165) is 23.3 Å². The molecule has 0 aliphatic heterocycles. The minimum atomic E-state index is -4.60. The van der Waals surface area contributed by atoms with Crippen LogP contribution in [0.2, 0.25) is 0 Å². The van der Waals surface area contributed by atoms with Gasteiger partial charge in [0.15, 0.2) is 0 Å². The fourth-order valence-electron chi connectivity index (χ4n) is 4.60. The van der Waals surface area contributed by atoms with E-state index in [0.29, 0.717) is 28.7 Å². The number of hydrogen-bond acceptors (Lipinski definition) is 9. The number of rotatable bonds is 7. The summed E-state index contributed by atoms with van der Waals surface area (Å²) in [5.41, 5.74) is 8.57. The van der Waals surface area contributed by atoms with Gasteiger partial charge in [-0.15, -0.1) is 0 Å². The molecule has 0 fully saturated rings. The molecule has 0 aliphatic carbocycles. The number of nitrogens with one attached hydrogen (secondary N) is 2. The van der Waals surface area contributed by atoms with Crippen LogP contribution in [0.3, 0.4) is 0 Å². The molecule has 6 N–H and O–H groups in total. The summed E-state index contributed by atoms with van der Waals surface area (Å²) in [5.74, 6) is -1.73. The predicted octanol–water partition coefficient (Wildman–Crippen LogP) is 7.03. The number of alkyl halides is 3. The van der Waals surface area contributed by atoms with Gasteiger partial charge in [-0.25, -0.2) is 19.7 Å². The van der Waals surface area contributed by atoms with Crippen molar-refractivity contribution in [2.24, 2.45) is 0 Å². The minimum Gasteiger partial charge on any atom is -0.507 e. The Morgan fingerprint density at radius 3 is 2.40 bits per heavy atom. The van der Waals surface area contributed by atoms with Gasteiger partial charge < -0.3 is 31.1 Å². The Balaban J connectivity index is 0.000000377. The fourth-order valence-corrected chi connectivity index (χ4v) is 4.60. The van der Waals surface area contributed by atoms with E-state index in [1.807, 2.05) is 13.0 Å². The number of nitrogens with zero attached hydrogens (tertiary/aromatic N) is 5. The molecule has 0 bridgehead atoms. The van der Waals surface area contributed by atoms with E-state index in [9.17, 15) is 22.8 Å². The first-order valence-electron chi connectivity index (χ1n) is 14.7. The molecule has 0 unspecified atom stereocenters. The highest BCUT2D eigenvalue weighted by Crippen LogP contribution is 2.33. The highest BCUT2D eigenvalue weighted by molar-refractivity contribution is 6.05. The topological polar surface area (TPSA) is 181 Å². The number of phenols is 1. The molecule has 3 aromatic heterocycles. The number of carbonyl (C=O) groups excluding carboxylic acids is 1. The van der Waals surface area contributed by atoms with Crippen molar-refractivity contribution in [1.29, 1.82) is 0 Å². The summed E-state index contributed by atoms with van der Waals surface area (Å²) in [4.78, 5) is 40.4. The Bertz CT molecular complexity index is 2170. The summed E-state index contributed by atoms with van der Waals surface area (Å²) < 4.78 is 42.3. The molecule has 12 nitrogen and oxygen atoms in total. The number of carboxylic acid groups (broad SMARTS) is 1. The van der Waals surface area contributed by atoms with E-state index < -0.39 is 23.6 Å². The Morgan fingerprint density at radius 2 is 1.74 bits per heavy atom. The van der Waals surface area contributed by atoms with Crippen LogP contribution in [0, 0.1) is 13.8 Å². The number of carboxylic acids is 1. The Morgan fingerprint density at radius 1 is 0.940 bits per heavy atom. The maximum Gasteiger partial charge on any atom is 0.416 e. The number of halogens is 3. The standard InChI is InChI=1S/C28H22F3N7O.C7H7NO3/c1-17-5-6-19(10-25(17)37-27-33-9-7-24(36-27)20-4-3-8-32-14-20)26(39)35-22-11-21(28(29,30)31)12-23(13-22)38-15-18(2)34-16-38;8-4-1-2-5(7(10)11)6(9)3-4/h3-16H,1-2H3,(H,35,39)(H,33,36,37);1-3,9H,8H2,(H,10,11). The second-order valence-electron chi connectivity index (χ2n) is 10.9. The third-order valence-electron chi connectivity index (χ3n) is 7.12. The zero-order valence-corrected chi connectivity index (χ0v) is 26.5. The average Bonchev–Trinajstić information content (AvgIpc) is 3.52. The second kappa shape index (κ2) is 14.6. The normalized spacial score (nSPS) is 10.9. The molecule has 254 valence electrons. The second-order valence-corrected chi connectivity index (χ2v) is 10.9. The molecular formula is C35H29F3N8O4. The quantitative estimate of drug-likeness (QED) is 0.110. The Labute approximate surface area is 283 Å². The molecule has 0 atom stereocenters. The van der Waals surface area contributed by atoms with Gasteiger partial charge in [0.25, 0.3) is 5.91 Å². The van der Waals surface area contributed by atoms with Gasteiger partial charge in [0, 0.05) is 64.7 Å². The lowest BCUT2D eigenvalue weighted by Crippen LogP contribution is -2.14. The first-order chi connectivity index (χ1) is 23.8. The number of aromatic nitrogens is 5. The number of aryl methyl sites for hydroxylation is 2. The van der Waals surface area contributed by atoms with E-state index in [2.05, 4.69) is 30.6 Å². The number of benzene rings is 3. The van der Waals surface area contributed by atoms with Crippen LogP contribution in [-0.2, 0) is 6.18 Å². The van der Waals surface area contributed by atoms with Crippen molar-refractivity contribution in [3.8, 4) is 22.7 Å². The summed E-state index contributed by atoms with van der Waals surface area (Å²) in [6, 6.07) is 17.6. The molecule has 6 aromatic rings. The van der Waals surface area contributed by atoms with Gasteiger partial charge in [0.2, 0.25) is 5.95 Å². The van der Waals surface area contributed by atoms with Gasteiger partial charge >= 0.3 is 12.1 Å². The van der Waals surface area contributed by atoms with Gasteiger partial charge in [-0.1, -0.05) is 6.07 Å². The van der Waals surface area contributed by atoms with E-state index in [1.165, 1.54) is 35.2 Å². The Kier molecular flexibility index (Phi) is 10.1. The van der Waals surface area contributed by atoms with Crippen LogP contribution in [0.4, 0.5) is 36.2 Å². The van der Waals surface area contributed by atoms with Crippen LogP contribution in [-0.4, -0.2) is 46.6 Å². The van der Waals surface area contributed by atoms with E-state index >= 15 is 0 Å². The van der Waals surface area contributed by atoms with Crippen LogP contribution < -0.4 is 16.4 Å². The largest absolute Gasteiger partial charge is 0.507 e. The van der Waals surface area contributed by atoms with E-state index in [-0.39, 0.29) is 28.3 Å². The smallest absolute Gasteiger partial charge is 0.416 e. The molecule has 0 radical (unpaired) electrons. The summed E-state index contributed by atoms with van der Waals surface area (Å²) in [6.45, 7) is 3.58. The van der Waals surface area contributed by atoms with Crippen LogP contribution in [0.15, 0.2) is 104 Å². The molecule has 6 rings (SSSR count). The van der Waals surface area contributed by atoms with E-state index in [1.54, 1.807) is 62.0 Å². The third-order valence-corrected chi connectivity index (χ3v) is 7.12. The molecule has 0 saturated carbocycles. The summed E-state index contributed by atoms with van der Waals surface area (Å²) in [5, 5.41) is 23.2. The van der Waals surface area contributed by atoms with E-state index in [4.69, 9.17) is 15.9 Å². The maximum absolute atomic E-state index is 13.6. The molecule has 0 spiro atoms. The van der Waals surface area contributed by atoms with Crippen LogP contribution >= 0.6 is 0 Å². The zero-order valence-electron chi connectivity index (χ0n) is 26.5. The minimum absolute atomic E-state index is 0.00114. The number of aromatic hydroxyl groups is 1. The van der Waals surface area contributed by atoms with Crippen molar-refractivity contribution < 1.29 is 33.0 Å². The molecule has 3 heterocycles. The lowest BCUT2D eigenvalue weighted by atomic mass is 10.1. The monoisotopic (exact) mass is 682 g/mol. The average molecular weight is 683 g/mol. The lowest BCUT2D eigenvalue weighted by Gasteiger charge is -2.14. The molecule has 3 aromatic carbocycles. The van der Waals surface area contributed by atoms with Crippen LogP contribution in [0.25, 0.3) is 16.9 Å². The van der Waals surface area contributed by atoms with Crippen molar-refractivity contribution in [2.45, 2.75) is 20.0 Å². The van der Waals surface area contributed by atoms with Crippen molar-refractivity contribution in [1.82, 2.24) is 24.5 Å². The molecule has 1 amide bonds. The number of aromatic carboxylic acids is 1.